The van der Waals surface area contributed by atoms with Gasteiger partial charge in [-0.1, -0.05) is 12.1 Å². The highest BCUT2D eigenvalue weighted by molar-refractivity contribution is 5.84. The minimum atomic E-state index is -1.16. The Kier molecular flexibility index (Phi) is 5.18. The maximum atomic E-state index is 12.1. The van der Waals surface area contributed by atoms with Crippen LogP contribution in [0.1, 0.15) is 49.4 Å². The predicted octanol–water partition coefficient (Wildman–Crippen LogP) is 1.75. The fraction of sp³-hybridized carbons (Fsp3) is 0.667. The summed E-state index contributed by atoms with van der Waals surface area (Å²) in [5.74, 6) is -1.86. The zero-order valence-electron chi connectivity index (χ0n) is 13.1. The van der Waals surface area contributed by atoms with Gasteiger partial charge in [-0.3, -0.25) is 4.79 Å². The number of carbonyl (C=O) groups excluding carboxylic acids is 1. The monoisotopic (exact) mass is 310 g/mol. The molecular weight excluding hydrogens is 288 g/mol. The Morgan fingerprint density at radius 3 is 2.77 bits per heavy atom. The molecule has 0 aromatic carbocycles. The quantitative estimate of drug-likeness (QED) is 0.800. The smallest absolute Gasteiger partial charge is 0.374 e. The number of hydrogen-bond donors (Lipinski definition) is 1. The van der Waals surface area contributed by atoms with Crippen molar-refractivity contribution < 1.29 is 24.0 Å². The molecule has 22 heavy (non-hydrogen) atoms. The summed E-state index contributed by atoms with van der Waals surface area (Å²) in [6.07, 6.45) is 0.818. The molecule has 0 amide bonds. The molecule has 122 valence electrons. The Balaban J connectivity index is 1.82. The zero-order valence-corrected chi connectivity index (χ0v) is 13.1. The van der Waals surface area contributed by atoms with E-state index < -0.39 is 5.97 Å². The van der Waals surface area contributed by atoms with Crippen LogP contribution in [0.5, 0.6) is 0 Å². The van der Waals surface area contributed by atoms with Gasteiger partial charge in [0, 0.05) is 24.6 Å². The lowest BCUT2D eigenvalue weighted by Crippen LogP contribution is -2.30. The first-order chi connectivity index (χ1) is 10.4. The number of likely N-dealkylation sites (tertiary alicyclic amines) is 1. The van der Waals surface area contributed by atoms with E-state index in [0.717, 1.165) is 19.5 Å². The lowest BCUT2D eigenvalue weighted by Gasteiger charge is -2.20. The van der Waals surface area contributed by atoms with E-state index in [1.54, 1.807) is 0 Å². The predicted molar refractivity (Wildman–Crippen MR) is 77.7 cm³/mol. The molecule has 2 atom stereocenters. The first-order valence-corrected chi connectivity index (χ1v) is 7.49. The zero-order chi connectivity index (χ0) is 16.3. The number of nitrogens with zero attached hydrogens (tertiary/aromatic N) is 2. The van der Waals surface area contributed by atoms with Gasteiger partial charge in [-0.25, -0.2) is 4.79 Å². The summed E-state index contributed by atoms with van der Waals surface area (Å²) in [4.78, 5) is 25.1. The average molecular weight is 310 g/mol. The Bertz CT molecular complexity index is 540. The molecule has 0 spiro atoms. The third kappa shape index (κ3) is 3.85. The number of esters is 1. The van der Waals surface area contributed by atoms with Crippen LogP contribution in [0.3, 0.4) is 0 Å². The fourth-order valence-corrected chi connectivity index (χ4v) is 2.48. The van der Waals surface area contributed by atoms with Crippen LogP contribution in [0.25, 0.3) is 0 Å². The van der Waals surface area contributed by atoms with E-state index in [-0.39, 0.29) is 30.2 Å². The largest absolute Gasteiger partial charge is 0.475 e. The summed E-state index contributed by atoms with van der Waals surface area (Å²) >= 11 is 0. The van der Waals surface area contributed by atoms with E-state index >= 15 is 0 Å². The van der Waals surface area contributed by atoms with E-state index in [1.165, 1.54) is 6.07 Å². The lowest BCUT2D eigenvalue weighted by molar-refractivity contribution is -0.148. The maximum absolute atomic E-state index is 12.1. The SMILES string of the molecule is CC(COC(=O)C1CCN(C(C)C)C1)c1cc(C(=O)O)on1. The fourth-order valence-electron chi connectivity index (χ4n) is 2.48. The normalized spacial score (nSPS) is 20.3. The summed E-state index contributed by atoms with van der Waals surface area (Å²) in [5.41, 5.74) is 0.473. The topological polar surface area (TPSA) is 92.9 Å². The summed E-state index contributed by atoms with van der Waals surface area (Å²) in [6.45, 7) is 7.85. The first kappa shape index (κ1) is 16.5. The standard InChI is InChI=1S/C15H22N2O5/c1-9(2)17-5-4-11(7-17)15(20)21-8-10(3)12-6-13(14(18)19)22-16-12/h6,9-11H,4-5,7-8H2,1-3H3,(H,18,19). The molecule has 1 aromatic rings. The van der Waals surface area contributed by atoms with Crippen LogP contribution >= 0.6 is 0 Å². The van der Waals surface area contributed by atoms with Gasteiger partial charge in [-0.2, -0.15) is 0 Å². The molecular formula is C15H22N2O5. The van der Waals surface area contributed by atoms with Crippen molar-refractivity contribution in [3.05, 3.63) is 17.5 Å². The van der Waals surface area contributed by atoms with Crippen LogP contribution in [-0.2, 0) is 9.53 Å². The van der Waals surface area contributed by atoms with E-state index in [1.807, 2.05) is 6.92 Å². The second kappa shape index (κ2) is 6.91. The minimum Gasteiger partial charge on any atom is -0.475 e. The molecule has 1 N–H and O–H groups in total. The van der Waals surface area contributed by atoms with Gasteiger partial charge < -0.3 is 19.3 Å². The van der Waals surface area contributed by atoms with Crippen LogP contribution < -0.4 is 0 Å². The molecule has 2 rings (SSSR count). The molecule has 1 aliphatic heterocycles. The number of carbonyl (C=O) groups is 2. The summed E-state index contributed by atoms with van der Waals surface area (Å²) in [6, 6.07) is 1.79. The molecule has 1 saturated heterocycles. The van der Waals surface area contributed by atoms with Crippen molar-refractivity contribution in [3.63, 3.8) is 0 Å². The highest BCUT2D eigenvalue weighted by Gasteiger charge is 2.31. The van der Waals surface area contributed by atoms with Crippen LogP contribution in [0, 0.1) is 5.92 Å². The Labute approximate surface area is 129 Å². The van der Waals surface area contributed by atoms with Gasteiger partial charge in [0.2, 0.25) is 5.76 Å². The van der Waals surface area contributed by atoms with E-state index in [2.05, 4.69) is 23.9 Å². The van der Waals surface area contributed by atoms with Gasteiger partial charge in [0.1, 0.15) is 0 Å². The molecule has 7 heteroatoms. The first-order valence-electron chi connectivity index (χ1n) is 7.49. The highest BCUT2D eigenvalue weighted by atomic mass is 16.5. The molecule has 2 heterocycles. The molecule has 2 unspecified atom stereocenters. The Hall–Kier alpha value is -1.89. The van der Waals surface area contributed by atoms with E-state index in [9.17, 15) is 9.59 Å². The van der Waals surface area contributed by atoms with Gasteiger partial charge in [-0.05, 0) is 26.8 Å². The van der Waals surface area contributed by atoms with Crippen LogP contribution in [-0.4, -0.2) is 52.8 Å². The number of carboxylic acid groups (broad SMARTS) is 1. The number of ether oxygens (including phenoxy) is 1. The van der Waals surface area contributed by atoms with Crippen molar-refractivity contribution in [1.82, 2.24) is 10.1 Å². The molecule has 0 bridgehead atoms. The number of carboxylic acids is 1. The molecule has 7 nitrogen and oxygen atoms in total. The van der Waals surface area contributed by atoms with Crippen molar-refractivity contribution in [2.75, 3.05) is 19.7 Å². The van der Waals surface area contributed by atoms with Crippen LogP contribution in [0.4, 0.5) is 0 Å². The number of aromatic carboxylic acids is 1. The summed E-state index contributed by atoms with van der Waals surface area (Å²) in [5, 5.41) is 12.5. The van der Waals surface area contributed by atoms with Gasteiger partial charge in [0.05, 0.1) is 18.2 Å². The highest BCUT2D eigenvalue weighted by Crippen LogP contribution is 2.21. The second-order valence-electron chi connectivity index (χ2n) is 6.03. The second-order valence-corrected chi connectivity index (χ2v) is 6.03. The third-order valence-electron chi connectivity index (χ3n) is 4.00. The lowest BCUT2D eigenvalue weighted by atomic mass is 10.1. The van der Waals surface area contributed by atoms with Crippen LogP contribution in [0.2, 0.25) is 0 Å². The Morgan fingerprint density at radius 2 is 2.23 bits per heavy atom. The molecule has 0 aliphatic carbocycles. The summed E-state index contributed by atoms with van der Waals surface area (Å²) in [7, 11) is 0. The van der Waals surface area contributed by atoms with Crippen molar-refractivity contribution in [1.29, 1.82) is 0 Å². The van der Waals surface area contributed by atoms with Crippen molar-refractivity contribution in [3.8, 4) is 0 Å². The molecule has 1 aromatic heterocycles. The maximum Gasteiger partial charge on any atom is 0.374 e. The number of rotatable bonds is 6. The van der Waals surface area contributed by atoms with E-state index in [4.69, 9.17) is 14.4 Å². The van der Waals surface area contributed by atoms with E-state index in [0.29, 0.717) is 11.7 Å². The minimum absolute atomic E-state index is 0.0820. The molecule has 0 radical (unpaired) electrons. The molecule has 0 saturated carbocycles. The van der Waals surface area contributed by atoms with Crippen molar-refractivity contribution in [2.45, 2.75) is 39.2 Å². The average Bonchev–Trinajstić information content (AvgIpc) is 3.12. The Morgan fingerprint density at radius 1 is 1.50 bits per heavy atom. The molecule has 1 fully saturated rings. The van der Waals surface area contributed by atoms with Gasteiger partial charge in [-0.15, -0.1) is 0 Å². The number of hydrogen-bond acceptors (Lipinski definition) is 6. The molecule has 1 aliphatic rings. The third-order valence-corrected chi connectivity index (χ3v) is 4.00. The number of aromatic nitrogens is 1. The van der Waals surface area contributed by atoms with Gasteiger partial charge in [0.25, 0.3) is 0 Å². The van der Waals surface area contributed by atoms with Gasteiger partial charge >= 0.3 is 11.9 Å². The van der Waals surface area contributed by atoms with Gasteiger partial charge in [0.15, 0.2) is 0 Å². The van der Waals surface area contributed by atoms with Crippen molar-refractivity contribution >= 4 is 11.9 Å². The van der Waals surface area contributed by atoms with Crippen LogP contribution in [0.15, 0.2) is 10.6 Å². The summed E-state index contributed by atoms with van der Waals surface area (Å²) < 4.78 is 10.0. The van der Waals surface area contributed by atoms with Crippen molar-refractivity contribution in [2.24, 2.45) is 5.92 Å².